The van der Waals surface area contributed by atoms with Crippen molar-refractivity contribution in [1.82, 2.24) is 5.32 Å². The zero-order valence-electron chi connectivity index (χ0n) is 13.5. The third kappa shape index (κ3) is 4.08. The molecule has 3 unspecified atom stereocenters. The van der Waals surface area contributed by atoms with Gasteiger partial charge in [-0.25, -0.2) is 0 Å². The second kappa shape index (κ2) is 7.11. The van der Waals surface area contributed by atoms with Gasteiger partial charge in [0.2, 0.25) is 0 Å². The van der Waals surface area contributed by atoms with Crippen LogP contribution in [0.5, 0.6) is 0 Å². The average Bonchev–Trinajstić information content (AvgIpc) is 2.85. The van der Waals surface area contributed by atoms with Crippen molar-refractivity contribution in [2.45, 2.75) is 63.0 Å². The van der Waals surface area contributed by atoms with E-state index >= 15 is 0 Å². The van der Waals surface area contributed by atoms with Gasteiger partial charge in [-0.2, -0.15) is 18.3 Å². The van der Waals surface area contributed by atoms with E-state index in [0.717, 1.165) is 25.7 Å². The summed E-state index contributed by atoms with van der Waals surface area (Å²) in [5, 5.41) is 8.76. The number of hydrazone groups is 1. The summed E-state index contributed by atoms with van der Waals surface area (Å²) in [6, 6.07) is 8.88. The molecule has 0 saturated carbocycles. The summed E-state index contributed by atoms with van der Waals surface area (Å²) in [5.74, 6) is 0. The third-order valence-corrected chi connectivity index (χ3v) is 4.68. The van der Waals surface area contributed by atoms with Crippen LogP contribution in [0.4, 0.5) is 18.9 Å². The van der Waals surface area contributed by atoms with Gasteiger partial charge in [0.05, 0.1) is 17.9 Å². The van der Waals surface area contributed by atoms with Crippen LogP contribution in [0, 0.1) is 0 Å². The molecule has 0 bridgehead atoms. The second-order valence-corrected chi connectivity index (χ2v) is 6.57. The summed E-state index contributed by atoms with van der Waals surface area (Å²) in [4.78, 5) is 0. The molecule has 7 heteroatoms. The molecule has 0 radical (unpaired) electrons. The average molecular weight is 340 g/mol. The summed E-state index contributed by atoms with van der Waals surface area (Å²) in [7, 11) is 0. The monoisotopic (exact) mass is 340 g/mol. The molecule has 2 aliphatic rings. The Morgan fingerprint density at radius 1 is 1.17 bits per heavy atom. The first-order chi connectivity index (χ1) is 11.4. The Morgan fingerprint density at radius 3 is 2.58 bits per heavy atom. The number of rotatable bonds is 3. The van der Waals surface area contributed by atoms with Gasteiger partial charge in [-0.1, -0.05) is 31.0 Å². The molecule has 1 aromatic carbocycles. The molecular weight excluding hydrogens is 317 g/mol. The molecule has 3 atom stereocenters. The summed E-state index contributed by atoms with van der Waals surface area (Å²) in [6.07, 6.45) is 0.0274. The number of hydrogen-bond donors (Lipinski definition) is 2. The molecule has 1 aromatic rings. The van der Waals surface area contributed by atoms with Crippen LogP contribution in [-0.4, -0.2) is 30.1 Å². The summed E-state index contributed by atoms with van der Waals surface area (Å²) in [6.45, 7) is 0. The van der Waals surface area contributed by atoms with Crippen LogP contribution >= 0.6 is 0 Å². The van der Waals surface area contributed by atoms with Gasteiger partial charge in [0.15, 0.2) is 0 Å². The van der Waals surface area contributed by atoms with Gasteiger partial charge in [-0.05, 0) is 31.4 Å². The van der Waals surface area contributed by atoms with E-state index < -0.39 is 11.9 Å². The number of nitrogens with zero attached hydrogens (tertiary/aromatic N) is 2. The smallest absolute Gasteiger partial charge is 0.316 e. The van der Waals surface area contributed by atoms with Gasteiger partial charge in [0, 0.05) is 12.5 Å². The van der Waals surface area contributed by atoms with E-state index in [9.17, 15) is 13.2 Å². The minimum Gasteiger partial charge on any atom is -0.316 e. The topological polar surface area (TPSA) is 53.6 Å². The van der Waals surface area contributed by atoms with Crippen molar-refractivity contribution < 1.29 is 13.2 Å². The van der Waals surface area contributed by atoms with Crippen molar-refractivity contribution in [1.29, 1.82) is 0 Å². The lowest BCUT2D eigenvalue weighted by molar-refractivity contribution is -0.0600. The first kappa shape index (κ1) is 17.2. The normalized spacial score (nSPS) is 28.6. The predicted octanol–water partition coefficient (Wildman–Crippen LogP) is 3.39. The van der Waals surface area contributed by atoms with Crippen molar-refractivity contribution in [3.8, 4) is 0 Å². The van der Waals surface area contributed by atoms with Gasteiger partial charge in [-0.3, -0.25) is 10.3 Å². The molecule has 0 aliphatic carbocycles. The standard InChI is InChI=1S/C17H23F3N4/c18-17(19,20)15-11-14(10-12-6-4-5-9-16(21)22-12)24(23-15)13-7-2-1-3-8-13/h1-3,7-8,12,14,16,22H,4-6,9-11,21H2. The highest BCUT2D eigenvalue weighted by molar-refractivity contribution is 5.93. The van der Waals surface area contributed by atoms with Gasteiger partial charge < -0.3 is 5.73 Å². The number of hydrogen-bond acceptors (Lipinski definition) is 4. The van der Waals surface area contributed by atoms with Crippen molar-refractivity contribution >= 4 is 11.4 Å². The van der Waals surface area contributed by atoms with Crippen molar-refractivity contribution in [3.63, 3.8) is 0 Å². The maximum absolute atomic E-state index is 13.1. The molecular formula is C17H23F3N4. The molecule has 24 heavy (non-hydrogen) atoms. The molecule has 0 amide bonds. The Morgan fingerprint density at radius 2 is 1.88 bits per heavy atom. The fraction of sp³-hybridized carbons (Fsp3) is 0.588. The van der Waals surface area contributed by atoms with E-state index in [2.05, 4.69) is 10.4 Å². The first-order valence-corrected chi connectivity index (χ1v) is 8.44. The van der Waals surface area contributed by atoms with Crippen molar-refractivity contribution in [2.75, 3.05) is 5.01 Å². The SMILES string of the molecule is NC1CCCCC(CC2CC(C(F)(F)F)=NN2c2ccccc2)N1. The zero-order chi connectivity index (χ0) is 17.2. The molecule has 132 valence electrons. The van der Waals surface area contributed by atoms with Crippen LogP contribution in [0.25, 0.3) is 0 Å². The molecule has 0 spiro atoms. The Balaban J connectivity index is 1.78. The first-order valence-electron chi connectivity index (χ1n) is 8.44. The summed E-state index contributed by atoms with van der Waals surface area (Å²) < 4.78 is 39.4. The number of benzene rings is 1. The molecule has 1 fully saturated rings. The highest BCUT2D eigenvalue weighted by Crippen LogP contribution is 2.33. The van der Waals surface area contributed by atoms with Gasteiger partial charge in [0.1, 0.15) is 5.71 Å². The second-order valence-electron chi connectivity index (χ2n) is 6.57. The lowest BCUT2D eigenvalue weighted by Crippen LogP contribution is -2.45. The number of alkyl halides is 3. The van der Waals surface area contributed by atoms with E-state index in [-0.39, 0.29) is 24.7 Å². The van der Waals surface area contributed by atoms with Crippen molar-refractivity contribution in [3.05, 3.63) is 30.3 Å². The van der Waals surface area contributed by atoms with Crippen LogP contribution in [0.15, 0.2) is 35.4 Å². The van der Waals surface area contributed by atoms with Crippen molar-refractivity contribution in [2.24, 2.45) is 10.8 Å². The number of halogens is 3. The van der Waals surface area contributed by atoms with Crippen LogP contribution in [0.2, 0.25) is 0 Å². The Kier molecular flexibility index (Phi) is 5.10. The van der Waals surface area contributed by atoms with Crippen LogP contribution in [-0.2, 0) is 0 Å². The summed E-state index contributed by atoms with van der Waals surface area (Å²) >= 11 is 0. The lowest BCUT2D eigenvalue weighted by atomic mass is 9.98. The number of nitrogens with one attached hydrogen (secondary N) is 1. The molecule has 1 saturated heterocycles. The lowest BCUT2D eigenvalue weighted by Gasteiger charge is -2.28. The third-order valence-electron chi connectivity index (χ3n) is 4.68. The van der Waals surface area contributed by atoms with Crippen LogP contribution < -0.4 is 16.1 Å². The Hall–Kier alpha value is -1.60. The minimum absolute atomic E-state index is 0.0768. The number of anilines is 1. The minimum atomic E-state index is -4.38. The highest BCUT2D eigenvalue weighted by Gasteiger charge is 2.43. The predicted molar refractivity (Wildman–Crippen MR) is 88.8 cm³/mol. The van der Waals surface area contributed by atoms with E-state index in [1.807, 2.05) is 18.2 Å². The molecule has 4 nitrogen and oxygen atoms in total. The van der Waals surface area contributed by atoms with Crippen LogP contribution in [0.3, 0.4) is 0 Å². The summed E-state index contributed by atoms with van der Waals surface area (Å²) in [5.41, 5.74) is 6.00. The number of para-hydroxylation sites is 1. The zero-order valence-corrected chi connectivity index (χ0v) is 13.5. The molecule has 2 heterocycles. The fourth-order valence-corrected chi connectivity index (χ4v) is 3.51. The molecule has 3 rings (SSSR count). The maximum atomic E-state index is 13.1. The number of nitrogens with two attached hydrogens (primary N) is 1. The van der Waals surface area contributed by atoms with E-state index in [1.165, 1.54) is 5.01 Å². The van der Waals surface area contributed by atoms with E-state index in [0.29, 0.717) is 12.1 Å². The van der Waals surface area contributed by atoms with Gasteiger partial charge in [0.25, 0.3) is 0 Å². The van der Waals surface area contributed by atoms with Gasteiger partial charge in [-0.15, -0.1) is 0 Å². The molecule has 3 N–H and O–H groups in total. The molecule has 0 aromatic heterocycles. The van der Waals surface area contributed by atoms with E-state index in [4.69, 9.17) is 5.73 Å². The maximum Gasteiger partial charge on any atom is 0.431 e. The van der Waals surface area contributed by atoms with E-state index in [1.54, 1.807) is 12.1 Å². The Labute approximate surface area is 139 Å². The largest absolute Gasteiger partial charge is 0.431 e. The molecule has 2 aliphatic heterocycles. The Bertz CT molecular complexity index is 573. The quantitative estimate of drug-likeness (QED) is 0.887. The highest BCUT2D eigenvalue weighted by atomic mass is 19.4. The van der Waals surface area contributed by atoms with Crippen LogP contribution in [0.1, 0.15) is 38.5 Å². The van der Waals surface area contributed by atoms with Gasteiger partial charge >= 0.3 is 6.18 Å². The fourth-order valence-electron chi connectivity index (χ4n) is 3.51.